The molecule has 2 atom stereocenters. The predicted molar refractivity (Wildman–Crippen MR) is 139 cm³/mol. The summed E-state index contributed by atoms with van der Waals surface area (Å²) >= 11 is 1.66. The first-order valence-corrected chi connectivity index (χ1v) is 12.5. The van der Waals surface area contributed by atoms with Crippen molar-refractivity contribution >= 4 is 30.1 Å². The van der Waals surface area contributed by atoms with Crippen LogP contribution in [0.15, 0.2) is 50.6 Å². The molecule has 2 rings (SSSR count). The minimum absolute atomic E-state index is 0.0462. The molecule has 0 amide bonds. The summed E-state index contributed by atoms with van der Waals surface area (Å²) in [5, 5.41) is 13.0. The van der Waals surface area contributed by atoms with E-state index >= 15 is 0 Å². The summed E-state index contributed by atoms with van der Waals surface area (Å²) in [6.45, 7) is 15.3. The fourth-order valence-corrected chi connectivity index (χ4v) is 4.47. The number of aliphatic hydroxyl groups is 1. The molecule has 178 valence electrons. The van der Waals surface area contributed by atoms with Gasteiger partial charge < -0.3 is 19.6 Å². The monoisotopic (exact) mass is 460 g/mol. The van der Waals surface area contributed by atoms with E-state index in [4.69, 9.17) is 15.0 Å². The Morgan fingerprint density at radius 2 is 2.19 bits per heavy atom. The fourth-order valence-electron chi connectivity index (χ4n) is 3.34. The second kappa shape index (κ2) is 13.5. The van der Waals surface area contributed by atoms with Gasteiger partial charge in [0.1, 0.15) is 17.5 Å². The van der Waals surface area contributed by atoms with Gasteiger partial charge in [-0.1, -0.05) is 44.6 Å². The Labute approximate surface area is 198 Å². The average Bonchev–Trinajstić information content (AvgIpc) is 2.94. The Hall–Kier alpha value is -2.06. The minimum Gasteiger partial charge on any atom is -0.394 e. The highest BCUT2D eigenvalue weighted by molar-refractivity contribution is 7.98. The molecular formula is C24H40N6OS. The van der Waals surface area contributed by atoms with Crippen LogP contribution in [0, 0.1) is 5.92 Å². The van der Waals surface area contributed by atoms with E-state index in [9.17, 15) is 5.11 Å². The first-order valence-electron chi connectivity index (χ1n) is 11.6. The lowest BCUT2D eigenvalue weighted by atomic mass is 10.2. The average molecular weight is 461 g/mol. The van der Waals surface area contributed by atoms with Gasteiger partial charge in [-0.05, 0) is 51.1 Å². The maximum absolute atomic E-state index is 9.73. The van der Waals surface area contributed by atoms with Crippen LogP contribution in [0.4, 0.5) is 0 Å². The van der Waals surface area contributed by atoms with Gasteiger partial charge in [-0.2, -0.15) is 0 Å². The van der Waals surface area contributed by atoms with Crippen LogP contribution in [-0.2, 0) is 0 Å². The molecular weight excluding hydrogens is 420 g/mol. The summed E-state index contributed by atoms with van der Waals surface area (Å²) in [5.74, 6) is 2.04. The molecule has 0 spiro atoms. The number of guanidine groups is 1. The van der Waals surface area contributed by atoms with Crippen LogP contribution < -0.4 is 5.32 Å². The maximum atomic E-state index is 9.73. The lowest BCUT2D eigenvalue weighted by Gasteiger charge is -2.27. The molecule has 0 saturated carbocycles. The van der Waals surface area contributed by atoms with Crippen molar-refractivity contribution in [3.05, 3.63) is 35.6 Å². The molecule has 2 N–H and O–H groups in total. The second-order valence-electron chi connectivity index (χ2n) is 8.53. The molecule has 2 aliphatic rings. The summed E-state index contributed by atoms with van der Waals surface area (Å²) in [6.07, 6.45) is 11.7. The molecule has 2 heterocycles. The van der Waals surface area contributed by atoms with Gasteiger partial charge in [-0.25, -0.2) is 15.0 Å². The van der Waals surface area contributed by atoms with Gasteiger partial charge in [0.15, 0.2) is 0 Å². The van der Waals surface area contributed by atoms with Crippen LogP contribution in [0.25, 0.3) is 0 Å². The summed E-state index contributed by atoms with van der Waals surface area (Å²) in [7, 11) is 0. The Balaban J connectivity index is 2.39. The second-order valence-corrected chi connectivity index (χ2v) is 9.70. The Bertz CT molecular complexity index is 779. The van der Waals surface area contributed by atoms with Crippen molar-refractivity contribution in [2.75, 3.05) is 26.2 Å². The number of amidine groups is 1. The third kappa shape index (κ3) is 8.47. The number of hydrogen-bond donors (Lipinski definition) is 2. The molecule has 7 nitrogen and oxygen atoms in total. The molecule has 0 aromatic rings. The van der Waals surface area contributed by atoms with Crippen molar-refractivity contribution in [3.8, 4) is 0 Å². The minimum atomic E-state index is -0.110. The van der Waals surface area contributed by atoms with E-state index in [1.165, 1.54) is 5.57 Å². The van der Waals surface area contributed by atoms with Crippen LogP contribution in [0.1, 0.15) is 54.4 Å². The zero-order valence-electron chi connectivity index (χ0n) is 20.5. The molecule has 2 bridgehead atoms. The first kappa shape index (κ1) is 26.2. The highest BCUT2D eigenvalue weighted by atomic mass is 32.2. The third-order valence-electron chi connectivity index (χ3n) is 5.11. The van der Waals surface area contributed by atoms with Crippen LogP contribution in [0.5, 0.6) is 0 Å². The molecule has 1 unspecified atom stereocenters. The molecule has 0 radical (unpaired) electrons. The zero-order chi connectivity index (χ0) is 23.5. The smallest absolute Gasteiger partial charge is 0.221 e. The van der Waals surface area contributed by atoms with Crippen molar-refractivity contribution in [2.24, 2.45) is 20.9 Å². The SMILES string of the molecule is C/C=C\C=C(/C)CN(CC)C1=NC(N[C@H](CC)CO)=NC2C=C(C1)N=CN(CC(C)C)S2. The van der Waals surface area contributed by atoms with E-state index in [0.29, 0.717) is 18.3 Å². The van der Waals surface area contributed by atoms with Gasteiger partial charge in [-0.3, -0.25) is 0 Å². The Morgan fingerprint density at radius 3 is 2.81 bits per heavy atom. The molecule has 0 aliphatic carbocycles. The number of fused-ring (bicyclic) bond motifs is 1. The molecule has 2 aliphatic heterocycles. The van der Waals surface area contributed by atoms with Crippen LogP contribution >= 0.6 is 11.9 Å². The van der Waals surface area contributed by atoms with Gasteiger partial charge in [0.2, 0.25) is 5.96 Å². The van der Waals surface area contributed by atoms with E-state index in [2.05, 4.69) is 60.4 Å². The number of aliphatic imine (C=N–C) groups is 3. The van der Waals surface area contributed by atoms with E-state index in [-0.39, 0.29) is 18.0 Å². The number of allylic oxidation sites excluding steroid dienone is 3. The quantitative estimate of drug-likeness (QED) is 0.398. The molecule has 32 heavy (non-hydrogen) atoms. The number of likely N-dealkylation sites (N-methyl/N-ethyl adjacent to an activating group) is 1. The number of nitrogens with zero attached hydrogens (tertiary/aromatic N) is 5. The Morgan fingerprint density at radius 1 is 1.41 bits per heavy atom. The summed E-state index contributed by atoms with van der Waals surface area (Å²) in [5.41, 5.74) is 2.25. The standard InChI is InChI=1S/C24H40N6OS/c1-7-10-11-19(6)15-29(9-3)22-12-21-13-23(32-30(17-25-21)14-18(4)5)28-24(27-22)26-20(8-2)16-31/h7,10-11,13,17-18,20,23,31H,8-9,12,14-16H2,1-6H3,(H,26,28)/b10-7-,19-11+,27-22?/t20-,23?/m1/s1. The molecule has 0 aromatic heterocycles. The highest BCUT2D eigenvalue weighted by Crippen LogP contribution is 2.27. The fraction of sp³-hybridized carbons (Fsp3) is 0.625. The van der Waals surface area contributed by atoms with Crippen LogP contribution in [0.3, 0.4) is 0 Å². The van der Waals surface area contributed by atoms with Crippen molar-refractivity contribution in [1.82, 2.24) is 14.5 Å². The maximum Gasteiger partial charge on any atom is 0.221 e. The van der Waals surface area contributed by atoms with E-state index < -0.39 is 0 Å². The Kier molecular flexibility index (Phi) is 11.0. The third-order valence-corrected chi connectivity index (χ3v) is 6.08. The van der Waals surface area contributed by atoms with Gasteiger partial charge in [0.25, 0.3) is 0 Å². The summed E-state index contributed by atoms with van der Waals surface area (Å²) in [4.78, 5) is 16.9. The topological polar surface area (TPSA) is 75.8 Å². The van der Waals surface area contributed by atoms with E-state index in [1.807, 2.05) is 26.3 Å². The lowest BCUT2D eigenvalue weighted by Crippen LogP contribution is -2.40. The first-order chi connectivity index (χ1) is 15.4. The van der Waals surface area contributed by atoms with Crippen molar-refractivity contribution in [2.45, 2.75) is 65.8 Å². The van der Waals surface area contributed by atoms with Gasteiger partial charge in [-0.15, -0.1) is 0 Å². The summed E-state index contributed by atoms with van der Waals surface area (Å²) < 4.78 is 2.16. The van der Waals surface area contributed by atoms with Crippen molar-refractivity contribution < 1.29 is 5.11 Å². The molecule has 8 heteroatoms. The molecule has 0 saturated heterocycles. The largest absolute Gasteiger partial charge is 0.394 e. The van der Waals surface area contributed by atoms with Gasteiger partial charge in [0.05, 0.1) is 12.6 Å². The molecule has 0 fully saturated rings. The van der Waals surface area contributed by atoms with Crippen LogP contribution in [0.2, 0.25) is 0 Å². The molecule has 0 aromatic carbocycles. The predicted octanol–water partition coefficient (Wildman–Crippen LogP) is 4.21. The van der Waals surface area contributed by atoms with Crippen molar-refractivity contribution in [1.29, 1.82) is 0 Å². The number of rotatable bonds is 9. The number of nitrogens with one attached hydrogen (secondary N) is 1. The summed E-state index contributed by atoms with van der Waals surface area (Å²) in [6, 6.07) is -0.0770. The normalized spacial score (nSPS) is 20.4. The highest BCUT2D eigenvalue weighted by Gasteiger charge is 2.23. The zero-order valence-corrected chi connectivity index (χ0v) is 21.3. The number of aliphatic hydroxyl groups excluding tert-OH is 1. The van der Waals surface area contributed by atoms with Crippen LogP contribution in [-0.4, -0.2) is 70.1 Å². The van der Waals surface area contributed by atoms with E-state index in [1.54, 1.807) is 11.9 Å². The van der Waals surface area contributed by atoms with Crippen molar-refractivity contribution in [3.63, 3.8) is 0 Å². The number of hydrogen-bond acceptors (Lipinski definition) is 8. The van der Waals surface area contributed by atoms with E-state index in [0.717, 1.165) is 37.6 Å². The lowest BCUT2D eigenvalue weighted by molar-refractivity contribution is 0.252. The van der Waals surface area contributed by atoms with Gasteiger partial charge >= 0.3 is 0 Å². The van der Waals surface area contributed by atoms with Gasteiger partial charge in [0, 0.05) is 31.8 Å².